The van der Waals surface area contributed by atoms with Gasteiger partial charge in [0, 0.05) is 17.9 Å². The molecule has 1 aromatic heterocycles. The average Bonchev–Trinajstić information content (AvgIpc) is 2.94. The summed E-state index contributed by atoms with van der Waals surface area (Å²) in [6.07, 6.45) is 1.75. The maximum Gasteiger partial charge on any atom is 0.269 e. The number of tetrazole rings is 1. The third kappa shape index (κ3) is 3.05. The van der Waals surface area contributed by atoms with Crippen LogP contribution in [0.3, 0.4) is 0 Å². The van der Waals surface area contributed by atoms with Crippen molar-refractivity contribution in [2.75, 3.05) is 5.75 Å². The van der Waals surface area contributed by atoms with Crippen molar-refractivity contribution in [2.45, 2.75) is 24.9 Å². The van der Waals surface area contributed by atoms with Crippen LogP contribution in [0.4, 0.5) is 5.69 Å². The number of non-ortho nitro benzene ring substituents is 1. The van der Waals surface area contributed by atoms with E-state index >= 15 is 0 Å². The minimum Gasteiger partial charge on any atom is -0.258 e. The number of benzene rings is 1. The first kappa shape index (κ1) is 14.3. The Kier molecular flexibility index (Phi) is 4.51. The summed E-state index contributed by atoms with van der Waals surface area (Å²) in [5.74, 6) is 0.490. The summed E-state index contributed by atoms with van der Waals surface area (Å²) in [7, 11) is -1.29. The number of aromatic nitrogens is 4. The third-order valence-electron chi connectivity index (χ3n) is 2.63. The monoisotopic (exact) mass is 295 g/mol. The molecule has 0 aliphatic carbocycles. The first-order valence-corrected chi connectivity index (χ1v) is 7.37. The molecule has 0 saturated carbocycles. The molecule has 0 N–H and O–H groups in total. The van der Waals surface area contributed by atoms with Crippen LogP contribution in [0.5, 0.6) is 0 Å². The van der Waals surface area contributed by atoms with Crippen LogP contribution in [-0.4, -0.2) is 35.1 Å². The lowest BCUT2D eigenvalue weighted by atomic mass is 10.3. The predicted molar refractivity (Wildman–Crippen MR) is 72.0 cm³/mol. The quantitative estimate of drug-likeness (QED) is 0.590. The largest absolute Gasteiger partial charge is 0.269 e. The van der Waals surface area contributed by atoms with Crippen LogP contribution >= 0.6 is 0 Å². The Morgan fingerprint density at radius 3 is 2.65 bits per heavy atom. The molecular weight excluding hydrogens is 282 g/mol. The standard InChI is InChI=1S/C11H13N5O3S/c1-2-3-8-20(19)11-12-13-14-15(11)9-4-6-10(7-5-9)16(17)18/h4-7H,2-3,8H2,1H3. The van der Waals surface area contributed by atoms with E-state index < -0.39 is 15.7 Å². The molecule has 1 aromatic carbocycles. The van der Waals surface area contributed by atoms with Crippen LogP contribution in [0.2, 0.25) is 0 Å². The summed E-state index contributed by atoms with van der Waals surface area (Å²) in [6, 6.07) is 5.76. The lowest BCUT2D eigenvalue weighted by Crippen LogP contribution is -2.08. The summed E-state index contributed by atoms with van der Waals surface area (Å²) >= 11 is 0. The van der Waals surface area contributed by atoms with E-state index in [1.54, 1.807) is 0 Å². The highest BCUT2D eigenvalue weighted by molar-refractivity contribution is 7.84. The topological polar surface area (TPSA) is 104 Å². The van der Waals surface area contributed by atoms with Gasteiger partial charge in [-0.05, 0) is 29.0 Å². The van der Waals surface area contributed by atoms with Gasteiger partial charge >= 0.3 is 0 Å². The molecule has 2 aromatic rings. The van der Waals surface area contributed by atoms with Gasteiger partial charge in [0.05, 0.1) is 21.4 Å². The SMILES string of the molecule is CCCCS(=O)c1nnnn1-c1ccc([N+](=O)[O-])cc1. The number of nitro benzene ring substituents is 1. The van der Waals surface area contributed by atoms with Gasteiger partial charge in [0.2, 0.25) is 5.16 Å². The smallest absolute Gasteiger partial charge is 0.258 e. The van der Waals surface area contributed by atoms with E-state index in [1.165, 1.54) is 28.9 Å². The van der Waals surface area contributed by atoms with Crippen LogP contribution in [-0.2, 0) is 10.8 Å². The number of nitrogens with zero attached hydrogens (tertiary/aromatic N) is 5. The van der Waals surface area contributed by atoms with Crippen molar-refractivity contribution in [2.24, 2.45) is 0 Å². The average molecular weight is 295 g/mol. The number of unbranched alkanes of at least 4 members (excludes halogenated alkanes) is 1. The lowest BCUT2D eigenvalue weighted by Gasteiger charge is -2.03. The summed E-state index contributed by atoms with van der Waals surface area (Å²) in [5, 5.41) is 21.9. The molecule has 0 amide bonds. The summed E-state index contributed by atoms with van der Waals surface area (Å²) in [6.45, 7) is 2.01. The molecule has 0 radical (unpaired) electrons. The van der Waals surface area contributed by atoms with E-state index in [0.29, 0.717) is 11.4 Å². The molecule has 0 aliphatic rings. The molecule has 20 heavy (non-hydrogen) atoms. The molecule has 0 bridgehead atoms. The van der Waals surface area contributed by atoms with Gasteiger partial charge in [-0.3, -0.25) is 14.3 Å². The van der Waals surface area contributed by atoms with E-state index in [4.69, 9.17) is 0 Å². The van der Waals surface area contributed by atoms with Gasteiger partial charge in [-0.2, -0.15) is 4.68 Å². The van der Waals surface area contributed by atoms with Gasteiger partial charge < -0.3 is 0 Å². The van der Waals surface area contributed by atoms with Gasteiger partial charge in [0.1, 0.15) is 0 Å². The van der Waals surface area contributed by atoms with Crippen LogP contribution in [0, 0.1) is 10.1 Å². The van der Waals surface area contributed by atoms with E-state index in [9.17, 15) is 14.3 Å². The molecule has 9 heteroatoms. The second-order valence-electron chi connectivity index (χ2n) is 4.05. The molecule has 0 fully saturated rings. The first-order valence-electron chi connectivity index (χ1n) is 6.05. The van der Waals surface area contributed by atoms with E-state index in [1.807, 2.05) is 6.92 Å². The van der Waals surface area contributed by atoms with Crippen molar-refractivity contribution in [1.82, 2.24) is 20.2 Å². The fourth-order valence-corrected chi connectivity index (χ4v) is 2.76. The highest BCUT2D eigenvalue weighted by Gasteiger charge is 2.15. The fourth-order valence-electron chi connectivity index (χ4n) is 1.57. The highest BCUT2D eigenvalue weighted by atomic mass is 32.2. The molecule has 106 valence electrons. The third-order valence-corrected chi connectivity index (χ3v) is 3.95. The summed E-state index contributed by atoms with van der Waals surface area (Å²) in [4.78, 5) is 10.1. The second kappa shape index (κ2) is 6.33. The molecule has 0 aliphatic heterocycles. The number of rotatable bonds is 6. The maximum atomic E-state index is 12.1. The molecule has 1 atom stereocenters. The zero-order chi connectivity index (χ0) is 14.5. The van der Waals surface area contributed by atoms with Crippen molar-refractivity contribution < 1.29 is 9.13 Å². The van der Waals surface area contributed by atoms with Gasteiger partial charge in [0.25, 0.3) is 5.69 Å². The van der Waals surface area contributed by atoms with Gasteiger partial charge in [0.15, 0.2) is 0 Å². The van der Waals surface area contributed by atoms with Crippen LogP contribution < -0.4 is 0 Å². The van der Waals surface area contributed by atoms with Crippen LogP contribution in [0.25, 0.3) is 5.69 Å². The zero-order valence-corrected chi connectivity index (χ0v) is 11.6. The van der Waals surface area contributed by atoms with Gasteiger partial charge in [-0.1, -0.05) is 18.4 Å². The zero-order valence-electron chi connectivity index (χ0n) is 10.8. The van der Waals surface area contributed by atoms with E-state index in [-0.39, 0.29) is 10.8 Å². The molecular formula is C11H13N5O3S. The van der Waals surface area contributed by atoms with Crippen molar-refractivity contribution >= 4 is 16.5 Å². The highest BCUT2D eigenvalue weighted by Crippen LogP contribution is 2.16. The molecule has 8 nitrogen and oxygen atoms in total. The van der Waals surface area contributed by atoms with Crippen molar-refractivity contribution in [3.05, 3.63) is 34.4 Å². The second-order valence-corrected chi connectivity index (χ2v) is 5.51. The predicted octanol–water partition coefficient (Wildman–Crippen LogP) is 1.48. The van der Waals surface area contributed by atoms with Crippen molar-refractivity contribution in [3.63, 3.8) is 0 Å². The molecule has 2 rings (SSSR count). The minimum absolute atomic E-state index is 0.0181. The summed E-state index contributed by atoms with van der Waals surface area (Å²) in [5.41, 5.74) is 0.524. The number of nitro groups is 1. The Hall–Kier alpha value is -2.16. The Bertz CT molecular complexity index is 625. The van der Waals surface area contributed by atoms with E-state index in [2.05, 4.69) is 15.5 Å². The normalized spacial score (nSPS) is 12.2. The minimum atomic E-state index is -1.29. The molecule has 0 saturated heterocycles. The summed E-state index contributed by atoms with van der Waals surface area (Å²) < 4.78 is 13.4. The Balaban J connectivity index is 2.27. The molecule has 1 heterocycles. The maximum absolute atomic E-state index is 12.1. The van der Waals surface area contributed by atoms with Crippen molar-refractivity contribution in [1.29, 1.82) is 0 Å². The Morgan fingerprint density at radius 2 is 2.05 bits per heavy atom. The van der Waals surface area contributed by atoms with Gasteiger partial charge in [-0.25, -0.2) is 0 Å². The molecule has 1 unspecified atom stereocenters. The number of hydrogen-bond acceptors (Lipinski definition) is 6. The van der Waals surface area contributed by atoms with Crippen LogP contribution in [0.1, 0.15) is 19.8 Å². The number of hydrogen-bond donors (Lipinski definition) is 0. The fraction of sp³-hybridized carbons (Fsp3) is 0.364. The van der Waals surface area contributed by atoms with E-state index in [0.717, 1.165) is 12.8 Å². The van der Waals surface area contributed by atoms with Crippen LogP contribution in [0.15, 0.2) is 29.4 Å². The first-order chi connectivity index (χ1) is 9.63. The lowest BCUT2D eigenvalue weighted by molar-refractivity contribution is -0.384. The Labute approximate surface area is 117 Å². The molecule has 0 spiro atoms. The Morgan fingerprint density at radius 1 is 1.35 bits per heavy atom. The van der Waals surface area contributed by atoms with Gasteiger partial charge in [-0.15, -0.1) is 0 Å². The van der Waals surface area contributed by atoms with Crippen molar-refractivity contribution in [3.8, 4) is 5.69 Å².